The number of nitrogens with zero attached hydrogens (tertiary/aromatic N) is 6. The molecule has 1 unspecified atom stereocenters. The number of ether oxygens (including phenoxy) is 1. The number of pyridine rings is 1. The number of fused-ring (bicyclic) bond motifs is 4. The maximum atomic E-state index is 13.6. The van der Waals surface area contributed by atoms with E-state index in [9.17, 15) is 23.9 Å². The fourth-order valence-electron chi connectivity index (χ4n) is 4.83. The monoisotopic (exact) mass is 542 g/mol. The Balaban J connectivity index is 1.53. The number of amides is 2. The molecule has 1 N–H and O–H groups in total. The van der Waals surface area contributed by atoms with Crippen LogP contribution in [0.2, 0.25) is 0 Å². The predicted molar refractivity (Wildman–Crippen MR) is 138 cm³/mol. The SMILES string of the molecule is CCOC(=O)N1CCN2CC(C1)N(CC)C(=O)c1c(O)c(=O)c(-c3nnc(Cc4ccc(F)cc4)s3)cn12. The second-order valence-electron chi connectivity index (χ2n) is 9.02. The van der Waals surface area contributed by atoms with Crippen molar-refractivity contribution in [1.82, 2.24) is 24.7 Å². The number of rotatable bonds is 5. The van der Waals surface area contributed by atoms with E-state index < -0.39 is 23.2 Å². The molecule has 0 aliphatic carbocycles. The first kappa shape index (κ1) is 25.6. The van der Waals surface area contributed by atoms with Crippen molar-refractivity contribution in [2.75, 3.05) is 44.3 Å². The van der Waals surface area contributed by atoms with Crippen LogP contribution < -0.4 is 10.4 Å². The smallest absolute Gasteiger partial charge is 0.409 e. The second kappa shape index (κ2) is 10.4. The average Bonchev–Trinajstić information content (AvgIpc) is 3.19. The Hall–Kier alpha value is -4.00. The van der Waals surface area contributed by atoms with Gasteiger partial charge in [0, 0.05) is 32.3 Å². The number of likely N-dealkylation sites (N-methyl/N-ethyl adjacent to an activating group) is 1. The highest BCUT2D eigenvalue weighted by Crippen LogP contribution is 2.29. The van der Waals surface area contributed by atoms with E-state index in [1.54, 1.807) is 28.9 Å². The van der Waals surface area contributed by atoms with Crippen LogP contribution in [0, 0.1) is 5.82 Å². The first-order chi connectivity index (χ1) is 18.3. The van der Waals surface area contributed by atoms with Crippen molar-refractivity contribution >= 4 is 23.3 Å². The van der Waals surface area contributed by atoms with E-state index in [1.165, 1.54) is 34.3 Å². The molecule has 1 fully saturated rings. The molecule has 0 radical (unpaired) electrons. The molecule has 1 atom stereocenters. The minimum absolute atomic E-state index is 0.106. The number of aromatic hydroxyl groups is 1. The van der Waals surface area contributed by atoms with Gasteiger partial charge in [0.2, 0.25) is 5.43 Å². The number of hydrogen-bond acceptors (Lipinski definition) is 9. The lowest BCUT2D eigenvalue weighted by atomic mass is 10.2. The van der Waals surface area contributed by atoms with Gasteiger partial charge in [0.25, 0.3) is 5.91 Å². The molecule has 2 aromatic heterocycles. The van der Waals surface area contributed by atoms with Gasteiger partial charge in [-0.1, -0.05) is 23.5 Å². The molecule has 4 heterocycles. The quantitative estimate of drug-likeness (QED) is 0.520. The first-order valence-electron chi connectivity index (χ1n) is 12.3. The molecule has 1 saturated heterocycles. The lowest BCUT2D eigenvalue weighted by Gasteiger charge is -2.31. The van der Waals surface area contributed by atoms with Crippen LogP contribution in [0.15, 0.2) is 35.3 Å². The van der Waals surface area contributed by atoms with Crippen LogP contribution in [0.25, 0.3) is 10.6 Å². The molecule has 1 aromatic carbocycles. The van der Waals surface area contributed by atoms with E-state index in [0.29, 0.717) is 42.6 Å². The van der Waals surface area contributed by atoms with Gasteiger partial charge < -0.3 is 24.7 Å². The standard InChI is InChI=1S/C25H27FN6O5S/c1-3-31-17-12-29(25(36)37-4-2)9-10-30(13-17)32-14-18(21(33)22(34)20(32)24(31)35)23-28-27-19(38-23)11-15-5-7-16(26)8-6-15/h5-8,14,17,34H,3-4,9-13H2,1-2H3. The second-order valence-corrected chi connectivity index (χ2v) is 10.1. The predicted octanol–water partition coefficient (Wildman–Crippen LogP) is 2.06. The van der Waals surface area contributed by atoms with Gasteiger partial charge in [0.05, 0.1) is 31.3 Å². The molecular formula is C25H27FN6O5S. The number of carbonyl (C=O) groups is 2. The van der Waals surface area contributed by atoms with E-state index in [4.69, 9.17) is 4.74 Å². The van der Waals surface area contributed by atoms with Crippen molar-refractivity contribution in [1.29, 1.82) is 0 Å². The summed E-state index contributed by atoms with van der Waals surface area (Å²) in [4.78, 5) is 42.5. The molecule has 2 amide bonds. The summed E-state index contributed by atoms with van der Waals surface area (Å²) in [7, 11) is 0. The van der Waals surface area contributed by atoms with Crippen molar-refractivity contribution in [2.45, 2.75) is 26.3 Å². The summed E-state index contributed by atoms with van der Waals surface area (Å²) in [6, 6.07) is 5.66. The third-order valence-corrected chi connectivity index (χ3v) is 7.64. The molecule has 2 aliphatic heterocycles. The molecular weight excluding hydrogens is 515 g/mol. The van der Waals surface area contributed by atoms with Gasteiger partial charge in [0.1, 0.15) is 10.8 Å². The Morgan fingerprint density at radius 1 is 1.16 bits per heavy atom. The zero-order valence-corrected chi connectivity index (χ0v) is 21.8. The van der Waals surface area contributed by atoms with E-state index in [2.05, 4.69) is 10.2 Å². The molecule has 0 spiro atoms. The Morgan fingerprint density at radius 3 is 2.63 bits per heavy atom. The Bertz CT molecular complexity index is 1420. The van der Waals surface area contributed by atoms with Crippen LogP contribution in [0.4, 0.5) is 9.18 Å². The first-order valence-corrected chi connectivity index (χ1v) is 13.2. The molecule has 11 nitrogen and oxygen atoms in total. The fraction of sp³-hybridized carbons (Fsp3) is 0.400. The van der Waals surface area contributed by atoms with Gasteiger partial charge in [-0.15, -0.1) is 10.2 Å². The molecule has 5 rings (SSSR count). The summed E-state index contributed by atoms with van der Waals surface area (Å²) in [6.45, 7) is 5.45. The summed E-state index contributed by atoms with van der Waals surface area (Å²) >= 11 is 1.18. The van der Waals surface area contributed by atoms with Crippen LogP contribution >= 0.6 is 11.3 Å². The van der Waals surface area contributed by atoms with Crippen molar-refractivity contribution in [3.63, 3.8) is 0 Å². The number of halogens is 1. The number of hydrogen-bond donors (Lipinski definition) is 1. The molecule has 2 bridgehead atoms. The Morgan fingerprint density at radius 2 is 1.92 bits per heavy atom. The summed E-state index contributed by atoms with van der Waals surface area (Å²) in [5, 5.41) is 22.1. The third kappa shape index (κ3) is 4.69. The third-order valence-electron chi connectivity index (χ3n) is 6.69. The zero-order chi connectivity index (χ0) is 27.0. The summed E-state index contributed by atoms with van der Waals surface area (Å²) in [5.74, 6) is -1.49. The van der Waals surface area contributed by atoms with Gasteiger partial charge >= 0.3 is 6.09 Å². The lowest BCUT2D eigenvalue weighted by molar-refractivity contribution is 0.0631. The highest BCUT2D eigenvalue weighted by atomic mass is 32.1. The summed E-state index contributed by atoms with van der Waals surface area (Å²) < 4.78 is 19.9. The van der Waals surface area contributed by atoms with E-state index in [0.717, 1.165) is 5.56 Å². The Labute approximate surface area is 221 Å². The minimum atomic E-state index is -0.714. The highest BCUT2D eigenvalue weighted by molar-refractivity contribution is 7.14. The van der Waals surface area contributed by atoms with Crippen LogP contribution in [-0.2, 0) is 11.2 Å². The van der Waals surface area contributed by atoms with Gasteiger partial charge in [-0.2, -0.15) is 0 Å². The van der Waals surface area contributed by atoms with Crippen LogP contribution in [0.5, 0.6) is 5.75 Å². The molecule has 3 aromatic rings. The van der Waals surface area contributed by atoms with Crippen molar-refractivity contribution in [3.8, 4) is 16.3 Å². The van der Waals surface area contributed by atoms with Crippen molar-refractivity contribution < 1.29 is 23.8 Å². The van der Waals surface area contributed by atoms with Crippen molar-refractivity contribution in [2.24, 2.45) is 0 Å². The van der Waals surface area contributed by atoms with E-state index in [1.807, 2.05) is 11.9 Å². The van der Waals surface area contributed by atoms with Crippen LogP contribution in [0.3, 0.4) is 0 Å². The summed E-state index contributed by atoms with van der Waals surface area (Å²) in [5.41, 5.74) is 0.106. The maximum Gasteiger partial charge on any atom is 0.409 e. The Kier molecular flexibility index (Phi) is 7.02. The van der Waals surface area contributed by atoms with Crippen molar-refractivity contribution in [3.05, 3.63) is 62.8 Å². The van der Waals surface area contributed by atoms with Gasteiger partial charge in [0.15, 0.2) is 16.5 Å². The van der Waals surface area contributed by atoms with E-state index >= 15 is 0 Å². The fourth-order valence-corrected chi connectivity index (χ4v) is 5.71. The zero-order valence-electron chi connectivity index (χ0n) is 21.0. The van der Waals surface area contributed by atoms with Gasteiger partial charge in [-0.05, 0) is 31.5 Å². The molecule has 38 heavy (non-hydrogen) atoms. The van der Waals surface area contributed by atoms with Crippen LogP contribution in [-0.4, -0.2) is 87.2 Å². The molecule has 13 heteroatoms. The van der Waals surface area contributed by atoms with E-state index in [-0.39, 0.29) is 36.3 Å². The largest absolute Gasteiger partial charge is 0.502 e. The topological polar surface area (TPSA) is 121 Å². The molecule has 2 aliphatic rings. The normalized spacial score (nSPS) is 17.2. The maximum absolute atomic E-state index is 13.6. The lowest BCUT2D eigenvalue weighted by Crippen LogP contribution is -2.49. The minimum Gasteiger partial charge on any atom is -0.502 e. The van der Waals surface area contributed by atoms with Crippen LogP contribution in [0.1, 0.15) is 34.9 Å². The number of aromatic nitrogens is 3. The average molecular weight is 543 g/mol. The number of carbonyl (C=O) groups excluding carboxylic acids is 2. The van der Waals surface area contributed by atoms with Gasteiger partial charge in [-0.3, -0.25) is 14.3 Å². The molecule has 200 valence electrons. The molecule has 0 saturated carbocycles. The summed E-state index contributed by atoms with van der Waals surface area (Å²) in [6.07, 6.45) is 1.46. The van der Waals surface area contributed by atoms with Gasteiger partial charge in [-0.25, -0.2) is 9.18 Å². The number of benzene rings is 1. The highest BCUT2D eigenvalue weighted by Gasteiger charge is 2.39.